The zero-order valence-corrected chi connectivity index (χ0v) is 10.5. The Balaban J connectivity index is 2.28. The number of halogens is 4. The maximum absolute atomic E-state index is 13.3. The van der Waals surface area contributed by atoms with Crippen LogP contribution >= 0.6 is 0 Å². The third kappa shape index (κ3) is 4.18. The Labute approximate surface area is 117 Å². The number of nitriles is 1. The molecule has 108 valence electrons. The van der Waals surface area contributed by atoms with Gasteiger partial charge in [-0.25, -0.2) is 4.98 Å². The third-order valence-corrected chi connectivity index (χ3v) is 2.52. The average Bonchev–Trinajstić information content (AvgIpc) is 2.37. The van der Waals surface area contributed by atoms with Crippen molar-refractivity contribution in [3.8, 4) is 23.1 Å². The van der Waals surface area contributed by atoms with Crippen LogP contribution in [0.25, 0.3) is 11.3 Å². The van der Waals surface area contributed by atoms with Gasteiger partial charge in [0.2, 0.25) is 5.95 Å². The molecule has 0 spiro atoms. The van der Waals surface area contributed by atoms with Crippen molar-refractivity contribution in [2.75, 3.05) is 0 Å². The first-order valence-electron chi connectivity index (χ1n) is 5.77. The normalized spacial score (nSPS) is 11.0. The molecular weight excluding hydrogens is 288 g/mol. The summed E-state index contributed by atoms with van der Waals surface area (Å²) in [5, 5.41) is 8.60. The Bertz CT molecular complexity index is 675. The number of hydrogen-bond donors (Lipinski definition) is 0. The summed E-state index contributed by atoms with van der Waals surface area (Å²) in [5.74, 6) is -1.13. The van der Waals surface area contributed by atoms with E-state index in [2.05, 4.69) is 9.72 Å². The average molecular weight is 296 g/mol. The fourth-order valence-electron chi connectivity index (χ4n) is 1.72. The van der Waals surface area contributed by atoms with Crippen LogP contribution in [-0.4, -0.2) is 11.3 Å². The summed E-state index contributed by atoms with van der Waals surface area (Å²) in [4.78, 5) is 3.65. The number of nitrogens with zero attached hydrogens (tertiary/aromatic N) is 2. The lowest BCUT2D eigenvalue weighted by atomic mass is 10.1. The van der Waals surface area contributed by atoms with Gasteiger partial charge in [0.15, 0.2) is 0 Å². The van der Waals surface area contributed by atoms with Crippen molar-refractivity contribution in [1.82, 2.24) is 4.98 Å². The number of hydrogen-bond acceptors (Lipinski definition) is 3. The zero-order chi connectivity index (χ0) is 15.5. The molecule has 0 amide bonds. The van der Waals surface area contributed by atoms with Gasteiger partial charge in [0.05, 0.1) is 18.2 Å². The molecule has 0 aliphatic carbocycles. The van der Waals surface area contributed by atoms with E-state index in [1.807, 2.05) is 6.07 Å². The number of rotatable bonds is 3. The maximum Gasteiger partial charge on any atom is 0.573 e. The van der Waals surface area contributed by atoms with Crippen LogP contribution in [0.3, 0.4) is 0 Å². The Kier molecular flexibility index (Phi) is 4.08. The van der Waals surface area contributed by atoms with Crippen molar-refractivity contribution < 1.29 is 22.3 Å². The molecule has 0 saturated carbocycles. The van der Waals surface area contributed by atoms with Gasteiger partial charge in [0, 0.05) is 5.56 Å². The second-order valence-electron chi connectivity index (χ2n) is 4.09. The van der Waals surface area contributed by atoms with Crippen LogP contribution in [0, 0.1) is 17.3 Å². The molecule has 7 heteroatoms. The van der Waals surface area contributed by atoms with Crippen LogP contribution in [0.15, 0.2) is 36.4 Å². The summed E-state index contributed by atoms with van der Waals surface area (Å²) in [6.45, 7) is 0. The van der Waals surface area contributed by atoms with Gasteiger partial charge in [0.25, 0.3) is 0 Å². The molecule has 1 aromatic carbocycles. The van der Waals surface area contributed by atoms with Crippen molar-refractivity contribution in [1.29, 1.82) is 5.26 Å². The largest absolute Gasteiger partial charge is 0.573 e. The first-order chi connectivity index (χ1) is 9.87. The first-order valence-corrected chi connectivity index (χ1v) is 5.77. The fraction of sp³-hybridized carbons (Fsp3) is 0.143. The lowest BCUT2D eigenvalue weighted by molar-refractivity contribution is -0.274. The Hall–Kier alpha value is -2.62. The Morgan fingerprint density at radius 1 is 1.14 bits per heavy atom. The van der Waals surface area contributed by atoms with Crippen LogP contribution in [0.4, 0.5) is 17.6 Å². The second-order valence-corrected chi connectivity index (χ2v) is 4.09. The van der Waals surface area contributed by atoms with Gasteiger partial charge < -0.3 is 4.74 Å². The quantitative estimate of drug-likeness (QED) is 0.638. The van der Waals surface area contributed by atoms with Gasteiger partial charge in [-0.3, -0.25) is 0 Å². The predicted molar refractivity (Wildman–Crippen MR) is 65.6 cm³/mol. The summed E-state index contributed by atoms with van der Waals surface area (Å²) in [5.41, 5.74) is 1.10. The van der Waals surface area contributed by atoms with E-state index in [4.69, 9.17) is 5.26 Å². The van der Waals surface area contributed by atoms with Gasteiger partial charge in [-0.1, -0.05) is 0 Å². The van der Waals surface area contributed by atoms with Gasteiger partial charge >= 0.3 is 6.36 Å². The zero-order valence-electron chi connectivity index (χ0n) is 10.5. The van der Waals surface area contributed by atoms with Crippen molar-refractivity contribution in [3.63, 3.8) is 0 Å². The summed E-state index contributed by atoms with van der Waals surface area (Å²) in [6.07, 6.45) is -4.75. The van der Waals surface area contributed by atoms with Crippen molar-refractivity contribution in [2.45, 2.75) is 12.8 Å². The molecule has 3 nitrogen and oxygen atoms in total. The summed E-state index contributed by atoms with van der Waals surface area (Å²) in [6, 6.07) is 9.41. The standard InChI is InChI=1S/C14H8F4N2O/c15-13-8-9(5-6-19)7-12(20-13)10-1-3-11(4-2-10)21-14(16,17)18/h1-4,7-8H,5H2. The van der Waals surface area contributed by atoms with E-state index in [-0.39, 0.29) is 17.9 Å². The maximum atomic E-state index is 13.3. The minimum Gasteiger partial charge on any atom is -0.406 e. The lowest BCUT2D eigenvalue weighted by Crippen LogP contribution is -2.16. The number of pyridine rings is 1. The minimum absolute atomic E-state index is 0.0156. The highest BCUT2D eigenvalue weighted by atomic mass is 19.4. The molecule has 0 bridgehead atoms. The van der Waals surface area contributed by atoms with E-state index in [0.717, 1.165) is 18.2 Å². The van der Waals surface area contributed by atoms with E-state index >= 15 is 0 Å². The fourth-order valence-corrected chi connectivity index (χ4v) is 1.72. The van der Waals surface area contributed by atoms with E-state index in [1.165, 1.54) is 18.2 Å². The minimum atomic E-state index is -4.77. The van der Waals surface area contributed by atoms with Crippen LogP contribution in [0.2, 0.25) is 0 Å². The van der Waals surface area contributed by atoms with Gasteiger partial charge in [0.1, 0.15) is 5.75 Å². The van der Waals surface area contributed by atoms with Crippen LogP contribution in [-0.2, 0) is 6.42 Å². The summed E-state index contributed by atoms with van der Waals surface area (Å²) in [7, 11) is 0. The Morgan fingerprint density at radius 3 is 2.38 bits per heavy atom. The molecule has 1 heterocycles. The van der Waals surface area contributed by atoms with E-state index in [9.17, 15) is 17.6 Å². The molecule has 0 unspecified atom stereocenters. The Morgan fingerprint density at radius 2 is 1.81 bits per heavy atom. The van der Waals surface area contributed by atoms with E-state index in [0.29, 0.717) is 11.1 Å². The highest BCUT2D eigenvalue weighted by Gasteiger charge is 2.30. The molecule has 1 aromatic heterocycles. The monoisotopic (exact) mass is 296 g/mol. The third-order valence-electron chi connectivity index (χ3n) is 2.52. The van der Waals surface area contributed by atoms with Gasteiger partial charge in [-0.15, -0.1) is 13.2 Å². The van der Waals surface area contributed by atoms with Crippen LogP contribution in [0.5, 0.6) is 5.75 Å². The number of benzene rings is 1. The van der Waals surface area contributed by atoms with E-state index < -0.39 is 12.3 Å². The molecule has 0 radical (unpaired) electrons. The summed E-state index contributed by atoms with van der Waals surface area (Å²) >= 11 is 0. The molecule has 2 rings (SSSR count). The molecule has 0 fully saturated rings. The van der Waals surface area contributed by atoms with Crippen LogP contribution in [0.1, 0.15) is 5.56 Å². The number of ether oxygens (including phenoxy) is 1. The number of alkyl halides is 3. The SMILES string of the molecule is N#CCc1cc(F)nc(-c2ccc(OC(F)(F)F)cc2)c1. The highest BCUT2D eigenvalue weighted by Crippen LogP contribution is 2.26. The molecule has 0 N–H and O–H groups in total. The summed E-state index contributed by atoms with van der Waals surface area (Å²) < 4.78 is 53.2. The molecule has 0 saturated heterocycles. The van der Waals surface area contributed by atoms with Gasteiger partial charge in [-0.2, -0.15) is 9.65 Å². The van der Waals surface area contributed by atoms with Crippen molar-refractivity contribution in [3.05, 3.63) is 47.9 Å². The molecule has 0 aliphatic rings. The van der Waals surface area contributed by atoms with Crippen LogP contribution < -0.4 is 4.74 Å². The molecule has 0 aliphatic heterocycles. The topological polar surface area (TPSA) is 45.9 Å². The number of aromatic nitrogens is 1. The van der Waals surface area contributed by atoms with Crippen molar-refractivity contribution in [2.24, 2.45) is 0 Å². The van der Waals surface area contributed by atoms with Gasteiger partial charge in [-0.05, 0) is 42.0 Å². The van der Waals surface area contributed by atoms with E-state index in [1.54, 1.807) is 0 Å². The molecule has 2 aromatic rings. The second kappa shape index (κ2) is 5.79. The smallest absolute Gasteiger partial charge is 0.406 e. The van der Waals surface area contributed by atoms with Crippen molar-refractivity contribution >= 4 is 0 Å². The highest BCUT2D eigenvalue weighted by molar-refractivity contribution is 5.60. The molecular formula is C14H8F4N2O. The lowest BCUT2D eigenvalue weighted by Gasteiger charge is -2.09. The molecule has 21 heavy (non-hydrogen) atoms. The first kappa shape index (κ1) is 14.8. The molecule has 0 atom stereocenters. The predicted octanol–water partition coefficient (Wildman–Crippen LogP) is 3.85.